The smallest absolute Gasteiger partial charge is 0.239 e. The third-order valence-corrected chi connectivity index (χ3v) is 3.32. The van der Waals surface area contributed by atoms with Crippen LogP contribution in [0.25, 0.3) is 0 Å². The largest absolute Gasteiger partial charge is 0.360 e. The molecule has 2 unspecified atom stereocenters. The summed E-state index contributed by atoms with van der Waals surface area (Å²) in [5, 5.41) is 6.45. The van der Waals surface area contributed by atoms with Gasteiger partial charge in [0.1, 0.15) is 5.76 Å². The van der Waals surface area contributed by atoms with Gasteiger partial charge in [0.05, 0.1) is 6.54 Å². The molecule has 1 aliphatic rings. The molecule has 0 spiro atoms. The minimum atomic E-state index is -0.0615. The minimum absolute atomic E-state index is 0.0615. The Balaban J connectivity index is 1.78. The fraction of sp³-hybridized carbons (Fsp3) is 0.667. The van der Waals surface area contributed by atoms with Gasteiger partial charge < -0.3 is 15.6 Å². The van der Waals surface area contributed by atoms with Gasteiger partial charge in [0.15, 0.2) is 5.82 Å². The maximum absolute atomic E-state index is 11.8. The summed E-state index contributed by atoms with van der Waals surface area (Å²) in [6.07, 6.45) is 1.06. The van der Waals surface area contributed by atoms with Gasteiger partial charge in [-0.1, -0.05) is 5.16 Å². The monoisotopic (exact) mass is 252 g/mol. The van der Waals surface area contributed by atoms with Crippen LogP contribution in [0.4, 0.5) is 5.82 Å². The van der Waals surface area contributed by atoms with Crippen LogP contribution < -0.4 is 11.1 Å². The number of carbonyl (C=O) groups is 1. The van der Waals surface area contributed by atoms with Crippen molar-refractivity contribution in [2.24, 2.45) is 11.7 Å². The zero-order valence-electron chi connectivity index (χ0n) is 10.8. The van der Waals surface area contributed by atoms with Crippen LogP contribution in [0.15, 0.2) is 10.6 Å². The number of aryl methyl sites for hydroxylation is 1. The van der Waals surface area contributed by atoms with Crippen molar-refractivity contribution in [2.75, 3.05) is 25.0 Å². The van der Waals surface area contributed by atoms with E-state index in [0.717, 1.165) is 19.5 Å². The van der Waals surface area contributed by atoms with E-state index in [0.29, 0.717) is 24.0 Å². The molecule has 1 saturated heterocycles. The molecule has 0 saturated carbocycles. The van der Waals surface area contributed by atoms with Crippen LogP contribution in [0.5, 0.6) is 0 Å². The van der Waals surface area contributed by atoms with Crippen LogP contribution in [0.1, 0.15) is 19.1 Å². The zero-order chi connectivity index (χ0) is 13.1. The Labute approximate surface area is 106 Å². The van der Waals surface area contributed by atoms with E-state index in [4.69, 9.17) is 10.3 Å². The number of anilines is 1. The van der Waals surface area contributed by atoms with Crippen molar-refractivity contribution in [3.05, 3.63) is 11.8 Å². The highest BCUT2D eigenvalue weighted by Crippen LogP contribution is 2.18. The Morgan fingerprint density at radius 3 is 3.11 bits per heavy atom. The Kier molecular flexibility index (Phi) is 3.98. The Hall–Kier alpha value is -1.40. The van der Waals surface area contributed by atoms with Crippen LogP contribution in [-0.4, -0.2) is 41.6 Å². The molecule has 1 aromatic rings. The summed E-state index contributed by atoms with van der Waals surface area (Å²) in [5.74, 6) is 1.59. The fourth-order valence-corrected chi connectivity index (χ4v) is 2.25. The van der Waals surface area contributed by atoms with Gasteiger partial charge in [0, 0.05) is 18.7 Å². The van der Waals surface area contributed by atoms with Gasteiger partial charge in [-0.2, -0.15) is 0 Å². The first-order valence-corrected chi connectivity index (χ1v) is 6.25. The Bertz CT molecular complexity index is 416. The molecule has 18 heavy (non-hydrogen) atoms. The molecule has 1 amide bonds. The number of nitrogens with one attached hydrogen (secondary N) is 1. The van der Waals surface area contributed by atoms with Crippen LogP contribution in [-0.2, 0) is 4.79 Å². The molecule has 3 N–H and O–H groups in total. The van der Waals surface area contributed by atoms with Crippen molar-refractivity contribution in [3.8, 4) is 0 Å². The first-order chi connectivity index (χ1) is 8.54. The van der Waals surface area contributed by atoms with E-state index in [9.17, 15) is 4.79 Å². The van der Waals surface area contributed by atoms with Crippen molar-refractivity contribution in [1.82, 2.24) is 10.1 Å². The number of aromatic nitrogens is 1. The lowest BCUT2D eigenvalue weighted by Gasteiger charge is -2.16. The lowest BCUT2D eigenvalue weighted by Crippen LogP contribution is -2.34. The lowest BCUT2D eigenvalue weighted by atomic mass is 10.0. The third kappa shape index (κ3) is 3.30. The highest BCUT2D eigenvalue weighted by Gasteiger charge is 2.26. The van der Waals surface area contributed by atoms with Crippen LogP contribution in [0, 0.1) is 12.8 Å². The summed E-state index contributed by atoms with van der Waals surface area (Å²) >= 11 is 0. The van der Waals surface area contributed by atoms with Crippen LogP contribution >= 0.6 is 0 Å². The van der Waals surface area contributed by atoms with Crippen molar-refractivity contribution in [2.45, 2.75) is 26.3 Å². The minimum Gasteiger partial charge on any atom is -0.360 e. The molecule has 2 atom stereocenters. The number of nitrogens with zero attached hydrogens (tertiary/aromatic N) is 2. The van der Waals surface area contributed by atoms with Crippen molar-refractivity contribution >= 4 is 11.7 Å². The van der Waals surface area contributed by atoms with Crippen molar-refractivity contribution < 1.29 is 9.32 Å². The molecule has 2 heterocycles. The Morgan fingerprint density at radius 2 is 2.56 bits per heavy atom. The summed E-state index contributed by atoms with van der Waals surface area (Å²) in [7, 11) is 0. The maximum Gasteiger partial charge on any atom is 0.239 e. The number of hydrogen-bond donors (Lipinski definition) is 2. The van der Waals surface area contributed by atoms with Crippen LogP contribution in [0.3, 0.4) is 0 Å². The molecular weight excluding hydrogens is 232 g/mol. The molecule has 0 aliphatic carbocycles. The van der Waals surface area contributed by atoms with E-state index < -0.39 is 0 Å². The van der Waals surface area contributed by atoms with E-state index in [1.807, 2.05) is 6.92 Å². The molecule has 6 heteroatoms. The van der Waals surface area contributed by atoms with E-state index in [1.165, 1.54) is 0 Å². The SMILES string of the molecule is Cc1cc(NC(=O)CN2CCC(C(C)N)C2)no1. The maximum atomic E-state index is 11.8. The summed E-state index contributed by atoms with van der Waals surface area (Å²) in [6.45, 7) is 6.01. The van der Waals surface area contributed by atoms with E-state index in [1.54, 1.807) is 13.0 Å². The molecule has 0 bridgehead atoms. The fourth-order valence-electron chi connectivity index (χ4n) is 2.25. The number of carbonyl (C=O) groups excluding carboxylic acids is 1. The first kappa shape index (κ1) is 13.0. The molecule has 0 aromatic carbocycles. The zero-order valence-corrected chi connectivity index (χ0v) is 10.8. The van der Waals surface area contributed by atoms with Crippen molar-refractivity contribution in [3.63, 3.8) is 0 Å². The van der Waals surface area contributed by atoms with E-state index in [-0.39, 0.29) is 11.9 Å². The number of hydrogen-bond acceptors (Lipinski definition) is 5. The standard InChI is InChI=1S/C12H20N4O2/c1-8-5-11(15-18-8)14-12(17)7-16-4-3-10(6-16)9(2)13/h5,9-10H,3-4,6-7,13H2,1-2H3,(H,14,15,17). The highest BCUT2D eigenvalue weighted by atomic mass is 16.5. The van der Waals surface area contributed by atoms with Gasteiger partial charge in [-0.25, -0.2) is 0 Å². The second-order valence-electron chi connectivity index (χ2n) is 5.01. The summed E-state index contributed by atoms with van der Waals surface area (Å²) in [5.41, 5.74) is 5.87. The average molecular weight is 252 g/mol. The molecule has 100 valence electrons. The predicted octanol–water partition coefficient (Wildman–Crippen LogP) is 0.591. The molecule has 2 rings (SSSR count). The van der Waals surface area contributed by atoms with Gasteiger partial charge in [0.2, 0.25) is 5.91 Å². The number of rotatable bonds is 4. The topological polar surface area (TPSA) is 84.4 Å². The third-order valence-electron chi connectivity index (χ3n) is 3.32. The molecule has 1 aromatic heterocycles. The first-order valence-electron chi connectivity index (χ1n) is 6.25. The van der Waals surface area contributed by atoms with E-state index >= 15 is 0 Å². The lowest BCUT2D eigenvalue weighted by molar-refractivity contribution is -0.117. The molecule has 6 nitrogen and oxygen atoms in total. The predicted molar refractivity (Wildman–Crippen MR) is 68.1 cm³/mol. The van der Waals surface area contributed by atoms with Crippen molar-refractivity contribution in [1.29, 1.82) is 0 Å². The van der Waals surface area contributed by atoms with Gasteiger partial charge in [-0.05, 0) is 32.7 Å². The Morgan fingerprint density at radius 1 is 1.78 bits per heavy atom. The molecular formula is C12H20N4O2. The average Bonchev–Trinajstić information content (AvgIpc) is 2.88. The molecule has 1 fully saturated rings. The number of amides is 1. The summed E-state index contributed by atoms with van der Waals surface area (Å²) in [4.78, 5) is 13.9. The van der Waals surface area contributed by atoms with Gasteiger partial charge in [-0.3, -0.25) is 9.69 Å². The quantitative estimate of drug-likeness (QED) is 0.819. The van der Waals surface area contributed by atoms with E-state index in [2.05, 4.69) is 15.4 Å². The molecule has 0 radical (unpaired) electrons. The summed E-state index contributed by atoms with van der Waals surface area (Å²) in [6, 6.07) is 1.89. The van der Waals surface area contributed by atoms with Crippen LogP contribution in [0.2, 0.25) is 0 Å². The van der Waals surface area contributed by atoms with Gasteiger partial charge in [-0.15, -0.1) is 0 Å². The van der Waals surface area contributed by atoms with Gasteiger partial charge >= 0.3 is 0 Å². The normalized spacial score (nSPS) is 22.1. The second kappa shape index (κ2) is 5.49. The summed E-state index contributed by atoms with van der Waals surface area (Å²) < 4.78 is 4.89. The molecule has 1 aliphatic heterocycles. The number of likely N-dealkylation sites (tertiary alicyclic amines) is 1. The van der Waals surface area contributed by atoms with Gasteiger partial charge in [0.25, 0.3) is 0 Å². The number of nitrogens with two attached hydrogens (primary N) is 1. The second-order valence-corrected chi connectivity index (χ2v) is 5.01. The highest BCUT2D eigenvalue weighted by molar-refractivity contribution is 5.91.